The van der Waals surface area contributed by atoms with Crippen LogP contribution in [0.3, 0.4) is 0 Å². The third kappa shape index (κ3) is 2.85. The van der Waals surface area contributed by atoms with Crippen LogP contribution in [0.25, 0.3) is 0 Å². The number of carbonyl (C=O) groups is 1. The van der Waals surface area contributed by atoms with E-state index in [0.29, 0.717) is 5.82 Å². The fourth-order valence-corrected chi connectivity index (χ4v) is 1.50. The summed E-state index contributed by atoms with van der Waals surface area (Å²) in [7, 11) is 1.65. The van der Waals surface area contributed by atoms with Gasteiger partial charge in [-0.25, -0.2) is 13.8 Å². The highest BCUT2D eigenvalue weighted by molar-refractivity contribution is 6.03. The fourth-order valence-electron chi connectivity index (χ4n) is 1.50. The van der Waals surface area contributed by atoms with Crippen LogP contribution in [0.2, 0.25) is 0 Å². The zero-order valence-electron chi connectivity index (χ0n) is 10.1. The van der Waals surface area contributed by atoms with Crippen LogP contribution >= 0.6 is 0 Å². The van der Waals surface area contributed by atoms with Crippen LogP contribution in [0.5, 0.6) is 0 Å². The Morgan fingerprint density at radius 2 is 1.74 bits per heavy atom. The normalized spacial score (nSPS) is 10.1. The molecule has 0 unspecified atom stereocenters. The Morgan fingerprint density at radius 3 is 2.37 bits per heavy atom. The van der Waals surface area contributed by atoms with E-state index in [4.69, 9.17) is 0 Å². The largest absolute Gasteiger partial charge is 0.373 e. The molecular formula is C13H11F2N3O. The minimum Gasteiger partial charge on any atom is -0.373 e. The van der Waals surface area contributed by atoms with Gasteiger partial charge in [0.05, 0.1) is 0 Å². The summed E-state index contributed by atoms with van der Waals surface area (Å²) in [6.07, 6.45) is 0. The van der Waals surface area contributed by atoms with Crippen molar-refractivity contribution >= 4 is 17.4 Å². The van der Waals surface area contributed by atoms with E-state index in [2.05, 4.69) is 15.6 Å². The van der Waals surface area contributed by atoms with E-state index in [1.807, 2.05) is 0 Å². The standard InChI is InChI=1S/C13H11F2N3O/c1-16-11-7-3-6-10(17-11)13(19)18-12-8(14)4-2-5-9(12)15/h2-7H,1H3,(H,16,17)(H,18,19). The molecule has 2 aromatic rings. The zero-order valence-corrected chi connectivity index (χ0v) is 10.1. The van der Waals surface area contributed by atoms with Gasteiger partial charge in [-0.15, -0.1) is 0 Å². The van der Waals surface area contributed by atoms with E-state index in [1.54, 1.807) is 19.2 Å². The van der Waals surface area contributed by atoms with Gasteiger partial charge >= 0.3 is 0 Å². The predicted molar refractivity (Wildman–Crippen MR) is 68.1 cm³/mol. The molecule has 0 aliphatic carbocycles. The molecule has 2 N–H and O–H groups in total. The van der Waals surface area contributed by atoms with Gasteiger partial charge in [-0.3, -0.25) is 4.79 Å². The van der Waals surface area contributed by atoms with Crippen LogP contribution in [-0.4, -0.2) is 17.9 Å². The monoisotopic (exact) mass is 263 g/mol. The maximum atomic E-state index is 13.4. The Balaban J connectivity index is 2.25. The number of anilines is 2. The number of para-hydroxylation sites is 1. The first-order chi connectivity index (χ1) is 9.11. The molecule has 0 bridgehead atoms. The second-order valence-electron chi connectivity index (χ2n) is 3.71. The number of nitrogens with one attached hydrogen (secondary N) is 2. The minimum atomic E-state index is -0.835. The van der Waals surface area contributed by atoms with Gasteiger partial charge in [0, 0.05) is 7.05 Å². The molecule has 0 radical (unpaired) electrons. The summed E-state index contributed by atoms with van der Waals surface area (Å²) in [5, 5.41) is 4.94. The number of nitrogens with zero attached hydrogens (tertiary/aromatic N) is 1. The van der Waals surface area contributed by atoms with Crippen LogP contribution in [0, 0.1) is 11.6 Å². The van der Waals surface area contributed by atoms with E-state index >= 15 is 0 Å². The van der Waals surface area contributed by atoms with E-state index < -0.39 is 23.2 Å². The Morgan fingerprint density at radius 1 is 1.11 bits per heavy atom. The van der Waals surface area contributed by atoms with Crippen LogP contribution in [0.4, 0.5) is 20.3 Å². The molecular weight excluding hydrogens is 252 g/mol. The number of amides is 1. The average molecular weight is 263 g/mol. The highest BCUT2D eigenvalue weighted by atomic mass is 19.1. The summed E-state index contributed by atoms with van der Waals surface area (Å²) in [6.45, 7) is 0. The number of benzene rings is 1. The topological polar surface area (TPSA) is 54.0 Å². The lowest BCUT2D eigenvalue weighted by molar-refractivity contribution is 0.102. The summed E-state index contributed by atoms with van der Waals surface area (Å²) in [5.74, 6) is -1.86. The maximum absolute atomic E-state index is 13.4. The van der Waals surface area contributed by atoms with Crippen molar-refractivity contribution in [1.82, 2.24) is 4.98 Å². The average Bonchev–Trinajstić information content (AvgIpc) is 2.43. The molecule has 6 heteroatoms. The summed E-state index contributed by atoms with van der Waals surface area (Å²) in [4.78, 5) is 15.8. The molecule has 98 valence electrons. The highest BCUT2D eigenvalue weighted by Gasteiger charge is 2.14. The molecule has 0 saturated heterocycles. The minimum absolute atomic E-state index is 0.0644. The lowest BCUT2D eigenvalue weighted by atomic mass is 10.2. The Kier molecular flexibility index (Phi) is 3.70. The SMILES string of the molecule is CNc1cccc(C(=O)Nc2c(F)cccc2F)n1. The van der Waals surface area contributed by atoms with Gasteiger partial charge < -0.3 is 10.6 Å². The summed E-state index contributed by atoms with van der Waals surface area (Å²) >= 11 is 0. The Labute approximate surface area is 108 Å². The van der Waals surface area contributed by atoms with Crippen molar-refractivity contribution in [2.75, 3.05) is 17.7 Å². The number of hydrogen-bond donors (Lipinski definition) is 2. The van der Waals surface area contributed by atoms with Crippen molar-refractivity contribution in [3.05, 3.63) is 53.7 Å². The first-order valence-electron chi connectivity index (χ1n) is 5.52. The van der Waals surface area contributed by atoms with Crippen LogP contribution in [0.15, 0.2) is 36.4 Å². The van der Waals surface area contributed by atoms with Crippen LogP contribution in [0.1, 0.15) is 10.5 Å². The molecule has 0 atom stereocenters. The molecule has 0 aliphatic heterocycles. The summed E-state index contributed by atoms with van der Waals surface area (Å²) in [6, 6.07) is 8.09. The van der Waals surface area contributed by atoms with E-state index in [9.17, 15) is 13.6 Å². The molecule has 1 aromatic carbocycles. The van der Waals surface area contributed by atoms with Gasteiger partial charge in [0.15, 0.2) is 0 Å². The van der Waals surface area contributed by atoms with Gasteiger partial charge in [-0.2, -0.15) is 0 Å². The molecule has 1 heterocycles. The van der Waals surface area contributed by atoms with E-state index in [0.717, 1.165) is 12.1 Å². The first kappa shape index (κ1) is 12.9. The van der Waals surface area contributed by atoms with Gasteiger partial charge in [0.2, 0.25) is 0 Å². The predicted octanol–water partition coefficient (Wildman–Crippen LogP) is 2.65. The van der Waals surface area contributed by atoms with Gasteiger partial charge in [0.1, 0.15) is 28.8 Å². The van der Waals surface area contributed by atoms with Crippen molar-refractivity contribution < 1.29 is 13.6 Å². The van der Waals surface area contributed by atoms with Gasteiger partial charge in [-0.1, -0.05) is 12.1 Å². The van der Waals surface area contributed by atoms with Crippen LogP contribution < -0.4 is 10.6 Å². The summed E-state index contributed by atoms with van der Waals surface area (Å²) < 4.78 is 26.8. The third-order valence-electron chi connectivity index (χ3n) is 2.44. The quantitative estimate of drug-likeness (QED) is 0.895. The van der Waals surface area contributed by atoms with Crippen molar-refractivity contribution in [2.24, 2.45) is 0 Å². The molecule has 0 saturated carbocycles. The van der Waals surface area contributed by atoms with Gasteiger partial charge in [0.25, 0.3) is 5.91 Å². The molecule has 4 nitrogen and oxygen atoms in total. The first-order valence-corrected chi connectivity index (χ1v) is 5.52. The van der Waals surface area contributed by atoms with E-state index in [1.165, 1.54) is 12.1 Å². The van der Waals surface area contributed by atoms with Gasteiger partial charge in [-0.05, 0) is 24.3 Å². The molecule has 19 heavy (non-hydrogen) atoms. The number of rotatable bonds is 3. The molecule has 2 rings (SSSR count). The number of carbonyl (C=O) groups excluding carboxylic acids is 1. The van der Waals surface area contributed by atoms with Crippen molar-refractivity contribution in [3.63, 3.8) is 0 Å². The number of pyridine rings is 1. The molecule has 1 amide bonds. The number of hydrogen-bond acceptors (Lipinski definition) is 3. The Bertz CT molecular complexity index is 596. The third-order valence-corrected chi connectivity index (χ3v) is 2.44. The number of halogens is 2. The molecule has 0 aliphatic rings. The van der Waals surface area contributed by atoms with Crippen LogP contribution in [-0.2, 0) is 0 Å². The summed E-state index contributed by atoms with van der Waals surface area (Å²) in [5.41, 5.74) is -0.418. The smallest absolute Gasteiger partial charge is 0.274 e. The van der Waals surface area contributed by atoms with Crippen molar-refractivity contribution in [1.29, 1.82) is 0 Å². The fraction of sp³-hybridized carbons (Fsp3) is 0.0769. The lowest BCUT2D eigenvalue weighted by Crippen LogP contribution is -2.16. The number of aromatic nitrogens is 1. The molecule has 1 aromatic heterocycles. The second-order valence-corrected chi connectivity index (χ2v) is 3.71. The van der Waals surface area contributed by atoms with Crippen molar-refractivity contribution in [2.45, 2.75) is 0 Å². The Hall–Kier alpha value is -2.50. The molecule has 0 fully saturated rings. The maximum Gasteiger partial charge on any atom is 0.274 e. The van der Waals surface area contributed by atoms with E-state index in [-0.39, 0.29) is 5.69 Å². The second kappa shape index (κ2) is 5.43. The molecule has 0 spiro atoms. The lowest BCUT2D eigenvalue weighted by Gasteiger charge is -2.07. The highest BCUT2D eigenvalue weighted by Crippen LogP contribution is 2.18. The van der Waals surface area contributed by atoms with Crippen molar-refractivity contribution in [3.8, 4) is 0 Å². The zero-order chi connectivity index (χ0) is 13.8.